The fraction of sp³-hybridized carbons (Fsp3) is 0.562. The van der Waals surface area contributed by atoms with E-state index in [1.807, 2.05) is 13.8 Å². The van der Waals surface area contributed by atoms with Crippen LogP contribution in [0.2, 0.25) is 0 Å². The number of halogens is 1. The Morgan fingerprint density at radius 1 is 1.15 bits per heavy atom. The molecule has 0 heterocycles. The maximum atomic E-state index is 12.9. The van der Waals surface area contributed by atoms with Crippen molar-refractivity contribution in [3.63, 3.8) is 0 Å². The molecule has 112 valence electrons. The molecule has 1 aromatic carbocycles. The second-order valence-corrected chi connectivity index (χ2v) is 5.18. The van der Waals surface area contributed by atoms with E-state index < -0.39 is 0 Å². The number of benzene rings is 1. The first-order valence-electron chi connectivity index (χ1n) is 7.29. The van der Waals surface area contributed by atoms with E-state index in [-0.39, 0.29) is 29.8 Å². The molecule has 3 nitrogen and oxygen atoms in total. The van der Waals surface area contributed by atoms with Crippen molar-refractivity contribution in [3.8, 4) is 0 Å². The van der Waals surface area contributed by atoms with Crippen LogP contribution in [-0.2, 0) is 4.79 Å². The SMILES string of the molecule is CCC(CC)NC(=O)C(C)N[C@H](C)c1ccc(F)cc1. The Morgan fingerprint density at radius 3 is 2.20 bits per heavy atom. The summed E-state index contributed by atoms with van der Waals surface area (Å²) >= 11 is 0. The molecule has 0 aromatic heterocycles. The van der Waals surface area contributed by atoms with E-state index in [0.717, 1.165) is 18.4 Å². The highest BCUT2D eigenvalue weighted by molar-refractivity contribution is 5.81. The smallest absolute Gasteiger partial charge is 0.237 e. The molecule has 0 saturated carbocycles. The minimum Gasteiger partial charge on any atom is -0.352 e. The van der Waals surface area contributed by atoms with Crippen LogP contribution >= 0.6 is 0 Å². The first kappa shape index (κ1) is 16.6. The number of hydrogen-bond donors (Lipinski definition) is 2. The van der Waals surface area contributed by atoms with Gasteiger partial charge in [-0.2, -0.15) is 0 Å². The molecule has 0 fully saturated rings. The molecule has 1 unspecified atom stereocenters. The van der Waals surface area contributed by atoms with Gasteiger partial charge in [-0.25, -0.2) is 4.39 Å². The average molecular weight is 280 g/mol. The summed E-state index contributed by atoms with van der Waals surface area (Å²) < 4.78 is 12.9. The Hall–Kier alpha value is -1.42. The number of carbonyl (C=O) groups is 1. The van der Waals surface area contributed by atoms with E-state index in [2.05, 4.69) is 24.5 Å². The maximum absolute atomic E-state index is 12.9. The summed E-state index contributed by atoms with van der Waals surface area (Å²) in [5.74, 6) is -0.242. The molecular weight excluding hydrogens is 255 g/mol. The van der Waals surface area contributed by atoms with Crippen LogP contribution in [0.3, 0.4) is 0 Å². The summed E-state index contributed by atoms with van der Waals surface area (Å²) in [5.41, 5.74) is 0.966. The molecule has 1 amide bonds. The Morgan fingerprint density at radius 2 is 1.70 bits per heavy atom. The normalized spacial score (nSPS) is 14.1. The Bertz CT molecular complexity index is 415. The highest BCUT2D eigenvalue weighted by Crippen LogP contribution is 2.13. The van der Waals surface area contributed by atoms with E-state index in [1.165, 1.54) is 12.1 Å². The lowest BCUT2D eigenvalue weighted by Gasteiger charge is -2.22. The molecule has 1 aromatic rings. The summed E-state index contributed by atoms with van der Waals surface area (Å²) in [6.45, 7) is 7.94. The van der Waals surface area contributed by atoms with Gasteiger partial charge in [-0.3, -0.25) is 10.1 Å². The van der Waals surface area contributed by atoms with E-state index in [1.54, 1.807) is 12.1 Å². The Labute approximate surface area is 121 Å². The fourth-order valence-corrected chi connectivity index (χ4v) is 2.12. The first-order valence-corrected chi connectivity index (χ1v) is 7.29. The van der Waals surface area contributed by atoms with Gasteiger partial charge in [-0.05, 0) is 44.4 Å². The molecule has 4 heteroatoms. The van der Waals surface area contributed by atoms with Crippen molar-refractivity contribution in [1.29, 1.82) is 0 Å². The summed E-state index contributed by atoms with van der Waals surface area (Å²) in [6.07, 6.45) is 1.87. The number of nitrogens with one attached hydrogen (secondary N) is 2. The topological polar surface area (TPSA) is 41.1 Å². The molecule has 1 rings (SSSR count). The molecule has 2 atom stereocenters. The summed E-state index contributed by atoms with van der Waals surface area (Å²) in [4.78, 5) is 12.1. The number of amides is 1. The third kappa shape index (κ3) is 4.93. The van der Waals surface area contributed by atoms with Crippen LogP contribution in [0, 0.1) is 5.82 Å². The molecule has 0 bridgehead atoms. The van der Waals surface area contributed by atoms with Crippen molar-refractivity contribution < 1.29 is 9.18 Å². The van der Waals surface area contributed by atoms with E-state index >= 15 is 0 Å². The van der Waals surface area contributed by atoms with E-state index in [0.29, 0.717) is 0 Å². The van der Waals surface area contributed by atoms with Gasteiger partial charge >= 0.3 is 0 Å². The standard InChI is InChI=1S/C16H25FN2O/c1-5-15(6-2)19-16(20)12(4)18-11(3)13-7-9-14(17)10-8-13/h7-12,15,18H,5-6H2,1-4H3,(H,19,20)/t11-,12?/m1/s1. The predicted molar refractivity (Wildman–Crippen MR) is 79.9 cm³/mol. The zero-order valence-electron chi connectivity index (χ0n) is 12.7. The third-order valence-corrected chi connectivity index (χ3v) is 3.60. The van der Waals surface area contributed by atoms with Crippen LogP contribution in [-0.4, -0.2) is 18.0 Å². The minimum absolute atomic E-state index is 0.00180. The molecule has 0 saturated heterocycles. The average Bonchev–Trinajstić information content (AvgIpc) is 2.44. The van der Waals surface area contributed by atoms with Crippen molar-refractivity contribution in [1.82, 2.24) is 10.6 Å². The van der Waals surface area contributed by atoms with Gasteiger partial charge in [0.15, 0.2) is 0 Å². The molecule has 0 radical (unpaired) electrons. The minimum atomic E-state index is -0.282. The second-order valence-electron chi connectivity index (χ2n) is 5.18. The van der Waals surface area contributed by atoms with Crippen molar-refractivity contribution in [3.05, 3.63) is 35.6 Å². The van der Waals surface area contributed by atoms with Crippen LogP contribution in [0.4, 0.5) is 4.39 Å². The van der Waals surface area contributed by atoms with Gasteiger partial charge < -0.3 is 5.32 Å². The zero-order valence-corrected chi connectivity index (χ0v) is 12.7. The largest absolute Gasteiger partial charge is 0.352 e. The van der Waals surface area contributed by atoms with Crippen molar-refractivity contribution in [2.75, 3.05) is 0 Å². The summed E-state index contributed by atoms with van der Waals surface area (Å²) in [6, 6.07) is 6.28. The highest BCUT2D eigenvalue weighted by Gasteiger charge is 2.18. The first-order chi connectivity index (χ1) is 9.47. The van der Waals surface area contributed by atoms with Gasteiger partial charge in [-0.15, -0.1) is 0 Å². The molecule has 2 N–H and O–H groups in total. The number of carbonyl (C=O) groups excluding carboxylic acids is 1. The molecule has 0 aliphatic carbocycles. The predicted octanol–water partition coefficient (Wildman–Crippen LogP) is 3.17. The van der Waals surface area contributed by atoms with Gasteiger partial charge in [0.05, 0.1) is 6.04 Å². The molecule has 20 heavy (non-hydrogen) atoms. The third-order valence-electron chi connectivity index (χ3n) is 3.60. The monoisotopic (exact) mass is 280 g/mol. The lowest BCUT2D eigenvalue weighted by molar-refractivity contribution is -0.123. The van der Waals surface area contributed by atoms with Crippen LogP contribution in [0.5, 0.6) is 0 Å². The van der Waals surface area contributed by atoms with Gasteiger partial charge in [0, 0.05) is 12.1 Å². The fourth-order valence-electron chi connectivity index (χ4n) is 2.12. The number of rotatable bonds is 7. The lowest BCUT2D eigenvalue weighted by Crippen LogP contribution is -2.46. The highest BCUT2D eigenvalue weighted by atomic mass is 19.1. The Balaban J connectivity index is 2.54. The van der Waals surface area contributed by atoms with E-state index in [9.17, 15) is 9.18 Å². The van der Waals surface area contributed by atoms with Gasteiger partial charge in [0.2, 0.25) is 5.91 Å². The van der Waals surface area contributed by atoms with Crippen LogP contribution in [0.1, 0.15) is 52.1 Å². The van der Waals surface area contributed by atoms with E-state index in [4.69, 9.17) is 0 Å². The Kier molecular flexibility index (Phi) is 6.65. The van der Waals surface area contributed by atoms with Crippen LogP contribution in [0.25, 0.3) is 0 Å². The zero-order chi connectivity index (χ0) is 15.1. The molecule has 0 aliphatic rings. The molecule has 0 aliphatic heterocycles. The van der Waals surface area contributed by atoms with Gasteiger partial charge in [0.25, 0.3) is 0 Å². The van der Waals surface area contributed by atoms with Crippen molar-refractivity contribution in [2.24, 2.45) is 0 Å². The maximum Gasteiger partial charge on any atom is 0.237 e. The number of hydrogen-bond acceptors (Lipinski definition) is 2. The summed E-state index contributed by atoms with van der Waals surface area (Å²) in [5, 5.41) is 6.26. The quantitative estimate of drug-likeness (QED) is 0.805. The molecular formula is C16H25FN2O. The second kappa shape index (κ2) is 8.00. The van der Waals surface area contributed by atoms with Crippen LogP contribution < -0.4 is 10.6 Å². The van der Waals surface area contributed by atoms with Gasteiger partial charge in [-0.1, -0.05) is 26.0 Å². The van der Waals surface area contributed by atoms with Crippen molar-refractivity contribution in [2.45, 2.75) is 58.7 Å². The van der Waals surface area contributed by atoms with Gasteiger partial charge in [0.1, 0.15) is 5.82 Å². The summed E-state index contributed by atoms with van der Waals surface area (Å²) in [7, 11) is 0. The van der Waals surface area contributed by atoms with Crippen molar-refractivity contribution >= 4 is 5.91 Å². The van der Waals surface area contributed by atoms with Crippen LogP contribution in [0.15, 0.2) is 24.3 Å². The molecule has 0 spiro atoms. The lowest BCUT2D eigenvalue weighted by atomic mass is 10.1.